The maximum absolute atomic E-state index is 13.4. The summed E-state index contributed by atoms with van der Waals surface area (Å²) in [7, 11) is 1.69. The molecule has 0 unspecified atom stereocenters. The molecule has 1 aromatic carbocycles. The number of fused-ring (bicyclic) bond motifs is 1. The van der Waals surface area contributed by atoms with Crippen LogP contribution in [0, 0.1) is 5.82 Å². The van der Waals surface area contributed by atoms with Gasteiger partial charge in [-0.1, -0.05) is 17.7 Å². The van der Waals surface area contributed by atoms with E-state index in [9.17, 15) is 14.0 Å². The minimum Gasteiger partial charge on any atom is -0.385 e. The molecule has 25 heavy (non-hydrogen) atoms. The SMILES string of the molecule is CNc1ccnn2c(=O)n(CC(=O)NCc3ccc(Cl)c(F)c3)nc12. The Kier molecular flexibility index (Phi) is 4.66. The van der Waals surface area contributed by atoms with Crippen LogP contribution in [-0.2, 0) is 17.9 Å². The van der Waals surface area contributed by atoms with E-state index in [0.29, 0.717) is 16.9 Å². The number of hydrogen-bond donors (Lipinski definition) is 2. The largest absolute Gasteiger partial charge is 0.385 e. The number of carbonyl (C=O) groups excluding carboxylic acids is 1. The second kappa shape index (κ2) is 6.89. The van der Waals surface area contributed by atoms with Gasteiger partial charge in [-0.05, 0) is 23.8 Å². The molecule has 0 radical (unpaired) electrons. The van der Waals surface area contributed by atoms with Crippen LogP contribution in [0.3, 0.4) is 0 Å². The van der Waals surface area contributed by atoms with Gasteiger partial charge in [0.25, 0.3) is 0 Å². The lowest BCUT2D eigenvalue weighted by Crippen LogP contribution is -2.32. The number of carbonyl (C=O) groups is 1. The molecular weight excluding hydrogens is 351 g/mol. The third-order valence-electron chi connectivity index (χ3n) is 3.52. The number of nitrogens with zero attached hydrogens (tertiary/aromatic N) is 4. The molecule has 3 rings (SSSR count). The molecule has 0 aliphatic heterocycles. The first-order valence-corrected chi connectivity index (χ1v) is 7.70. The summed E-state index contributed by atoms with van der Waals surface area (Å²) in [5.74, 6) is -0.998. The topological polar surface area (TPSA) is 93.3 Å². The molecule has 2 aromatic heterocycles. The van der Waals surface area contributed by atoms with Crippen LogP contribution < -0.4 is 16.3 Å². The molecule has 0 atom stereocenters. The molecule has 10 heteroatoms. The summed E-state index contributed by atoms with van der Waals surface area (Å²) in [4.78, 5) is 24.3. The molecule has 2 N–H and O–H groups in total. The maximum atomic E-state index is 13.4. The van der Waals surface area contributed by atoms with Crippen molar-refractivity contribution in [2.45, 2.75) is 13.1 Å². The predicted molar refractivity (Wildman–Crippen MR) is 90.1 cm³/mol. The first-order chi connectivity index (χ1) is 12.0. The van der Waals surface area contributed by atoms with Crippen LogP contribution in [0.4, 0.5) is 10.1 Å². The molecule has 0 bridgehead atoms. The Morgan fingerprint density at radius 3 is 2.88 bits per heavy atom. The number of aromatic nitrogens is 4. The fraction of sp³-hybridized carbons (Fsp3) is 0.200. The van der Waals surface area contributed by atoms with Crippen LogP contribution in [-0.4, -0.2) is 32.3 Å². The van der Waals surface area contributed by atoms with Crippen molar-refractivity contribution >= 4 is 28.8 Å². The normalized spacial score (nSPS) is 10.8. The summed E-state index contributed by atoms with van der Waals surface area (Å²) in [6.45, 7) is -0.170. The molecule has 0 spiro atoms. The third-order valence-corrected chi connectivity index (χ3v) is 3.83. The van der Waals surface area contributed by atoms with E-state index in [2.05, 4.69) is 20.8 Å². The average molecular weight is 365 g/mol. The zero-order chi connectivity index (χ0) is 18.0. The van der Waals surface area contributed by atoms with Gasteiger partial charge >= 0.3 is 5.69 Å². The molecule has 130 valence electrons. The quantitative estimate of drug-likeness (QED) is 0.705. The molecule has 8 nitrogen and oxygen atoms in total. The molecular formula is C15H14ClFN6O2. The smallest absolute Gasteiger partial charge is 0.367 e. The summed E-state index contributed by atoms with van der Waals surface area (Å²) in [6, 6.07) is 5.92. The fourth-order valence-electron chi connectivity index (χ4n) is 2.26. The highest BCUT2D eigenvalue weighted by Crippen LogP contribution is 2.15. The Bertz CT molecular complexity index is 999. The third kappa shape index (κ3) is 3.45. The van der Waals surface area contributed by atoms with E-state index in [1.165, 1.54) is 18.3 Å². The Labute approximate surface area is 146 Å². The van der Waals surface area contributed by atoms with Crippen molar-refractivity contribution in [3.8, 4) is 0 Å². The van der Waals surface area contributed by atoms with Crippen LogP contribution >= 0.6 is 11.6 Å². The number of hydrogen-bond acceptors (Lipinski definition) is 5. The van der Waals surface area contributed by atoms with Crippen molar-refractivity contribution in [3.05, 3.63) is 57.3 Å². The van der Waals surface area contributed by atoms with Crippen LogP contribution in [0.2, 0.25) is 5.02 Å². The minimum atomic E-state index is -0.560. The first kappa shape index (κ1) is 16.9. The highest BCUT2D eigenvalue weighted by Gasteiger charge is 2.13. The Morgan fingerprint density at radius 1 is 1.36 bits per heavy atom. The summed E-state index contributed by atoms with van der Waals surface area (Å²) < 4.78 is 15.5. The summed E-state index contributed by atoms with van der Waals surface area (Å²) in [6.07, 6.45) is 1.46. The van der Waals surface area contributed by atoms with E-state index in [0.717, 1.165) is 9.20 Å². The monoisotopic (exact) mass is 364 g/mol. The highest BCUT2D eigenvalue weighted by molar-refractivity contribution is 6.30. The standard InChI is InChI=1S/C15H14ClFN6O2/c1-18-12-4-5-20-23-14(12)21-22(15(23)25)8-13(24)19-7-9-2-3-10(16)11(17)6-9/h2-6,18H,7-8H2,1H3,(H,19,24). The lowest BCUT2D eigenvalue weighted by Gasteiger charge is -2.05. The summed E-state index contributed by atoms with van der Waals surface area (Å²) in [5, 5.41) is 13.5. The van der Waals surface area contributed by atoms with Crippen molar-refractivity contribution in [1.29, 1.82) is 0 Å². The van der Waals surface area contributed by atoms with Gasteiger partial charge in [0, 0.05) is 13.6 Å². The Hall–Kier alpha value is -2.94. The number of anilines is 1. The highest BCUT2D eigenvalue weighted by atomic mass is 35.5. The lowest BCUT2D eigenvalue weighted by molar-refractivity contribution is -0.122. The van der Waals surface area contributed by atoms with Crippen molar-refractivity contribution in [1.82, 2.24) is 24.7 Å². The average Bonchev–Trinajstić information content (AvgIpc) is 2.92. The number of benzene rings is 1. The van der Waals surface area contributed by atoms with E-state index >= 15 is 0 Å². The summed E-state index contributed by atoms with van der Waals surface area (Å²) >= 11 is 5.61. The van der Waals surface area contributed by atoms with E-state index in [1.807, 2.05) is 0 Å². The number of rotatable bonds is 5. The zero-order valence-corrected chi connectivity index (χ0v) is 13.9. The molecule has 1 amide bonds. The van der Waals surface area contributed by atoms with Crippen molar-refractivity contribution in [3.63, 3.8) is 0 Å². The minimum absolute atomic E-state index is 0.0131. The van der Waals surface area contributed by atoms with Crippen molar-refractivity contribution in [2.24, 2.45) is 0 Å². The van der Waals surface area contributed by atoms with E-state index in [4.69, 9.17) is 11.6 Å². The summed E-state index contributed by atoms with van der Waals surface area (Å²) in [5.41, 5.74) is 0.960. The lowest BCUT2D eigenvalue weighted by atomic mass is 10.2. The number of amides is 1. The Morgan fingerprint density at radius 2 is 2.16 bits per heavy atom. The van der Waals surface area contributed by atoms with Gasteiger partial charge in [-0.25, -0.2) is 13.9 Å². The van der Waals surface area contributed by atoms with Gasteiger partial charge in [-0.3, -0.25) is 4.79 Å². The number of halogens is 2. The van der Waals surface area contributed by atoms with Crippen LogP contribution in [0.25, 0.3) is 5.65 Å². The molecule has 0 aliphatic rings. The molecule has 0 saturated heterocycles. The van der Waals surface area contributed by atoms with Gasteiger partial charge in [-0.2, -0.15) is 9.61 Å². The van der Waals surface area contributed by atoms with E-state index in [1.54, 1.807) is 19.2 Å². The van der Waals surface area contributed by atoms with Gasteiger partial charge < -0.3 is 10.6 Å². The molecule has 0 fully saturated rings. The van der Waals surface area contributed by atoms with Gasteiger partial charge in [0.15, 0.2) is 0 Å². The van der Waals surface area contributed by atoms with Gasteiger partial charge in [-0.15, -0.1) is 5.10 Å². The van der Waals surface area contributed by atoms with E-state index in [-0.39, 0.29) is 18.1 Å². The number of nitrogens with one attached hydrogen (secondary N) is 2. The maximum Gasteiger partial charge on any atom is 0.367 e. The zero-order valence-electron chi connectivity index (χ0n) is 13.2. The Balaban J connectivity index is 1.72. The van der Waals surface area contributed by atoms with Crippen LogP contribution in [0.15, 0.2) is 35.3 Å². The van der Waals surface area contributed by atoms with Crippen LogP contribution in [0.1, 0.15) is 5.56 Å². The molecule has 0 saturated carbocycles. The van der Waals surface area contributed by atoms with Crippen molar-refractivity contribution < 1.29 is 9.18 Å². The van der Waals surface area contributed by atoms with Crippen LogP contribution in [0.5, 0.6) is 0 Å². The fourth-order valence-corrected chi connectivity index (χ4v) is 2.38. The van der Waals surface area contributed by atoms with Crippen molar-refractivity contribution in [2.75, 3.05) is 12.4 Å². The molecule has 3 aromatic rings. The van der Waals surface area contributed by atoms with Gasteiger partial charge in [0.05, 0.1) is 16.9 Å². The second-order valence-electron chi connectivity index (χ2n) is 5.20. The first-order valence-electron chi connectivity index (χ1n) is 7.33. The molecule has 0 aliphatic carbocycles. The van der Waals surface area contributed by atoms with Gasteiger partial charge in [0.2, 0.25) is 11.6 Å². The predicted octanol–water partition coefficient (Wildman–Crippen LogP) is 1.04. The van der Waals surface area contributed by atoms with E-state index < -0.39 is 17.4 Å². The second-order valence-corrected chi connectivity index (χ2v) is 5.60. The van der Waals surface area contributed by atoms with Gasteiger partial charge in [0.1, 0.15) is 12.4 Å². The molecule has 2 heterocycles.